The second-order valence-corrected chi connectivity index (χ2v) is 4.20. The lowest BCUT2D eigenvalue weighted by Crippen LogP contribution is -2.44. The van der Waals surface area contributed by atoms with Crippen LogP contribution >= 0.6 is 0 Å². The lowest BCUT2D eigenvalue weighted by Gasteiger charge is -2.24. The van der Waals surface area contributed by atoms with Gasteiger partial charge in [0.15, 0.2) is 0 Å². The summed E-state index contributed by atoms with van der Waals surface area (Å²) in [5.74, 6) is 6.33. The molecule has 0 atom stereocenters. The molecule has 0 aromatic carbocycles. The Morgan fingerprint density at radius 3 is 2.76 bits per heavy atom. The van der Waals surface area contributed by atoms with E-state index in [1.54, 1.807) is 12.4 Å². The Hall–Kier alpha value is -1.62. The lowest BCUT2D eigenvalue weighted by molar-refractivity contribution is 0.416. The number of rotatable bonds is 4. The summed E-state index contributed by atoms with van der Waals surface area (Å²) in [6.07, 6.45) is 5.96. The van der Waals surface area contributed by atoms with E-state index < -0.39 is 0 Å². The van der Waals surface area contributed by atoms with Crippen LogP contribution in [0, 0.1) is 0 Å². The van der Waals surface area contributed by atoms with Crippen LogP contribution in [-0.4, -0.2) is 28.4 Å². The van der Waals surface area contributed by atoms with Crippen LogP contribution in [0.2, 0.25) is 0 Å². The van der Waals surface area contributed by atoms with Gasteiger partial charge in [-0.25, -0.2) is 10.8 Å². The van der Waals surface area contributed by atoms with Crippen LogP contribution in [0.4, 0.5) is 0 Å². The molecule has 0 bridgehead atoms. The Kier molecular flexibility index (Phi) is 3.93. The molecule has 0 unspecified atom stereocenters. The van der Waals surface area contributed by atoms with Crippen molar-refractivity contribution in [2.75, 3.05) is 6.54 Å². The van der Waals surface area contributed by atoms with Gasteiger partial charge in [0.05, 0.1) is 6.04 Å². The molecule has 0 aliphatic heterocycles. The number of nitrogens with two attached hydrogens (primary N) is 1. The normalized spacial score (nSPS) is 15.8. The molecule has 1 aromatic heterocycles. The number of hydrogen-bond acceptors (Lipinski definition) is 3. The molecule has 5 heteroatoms. The van der Waals surface area contributed by atoms with E-state index >= 15 is 0 Å². The number of guanidine groups is 1. The van der Waals surface area contributed by atoms with Crippen molar-refractivity contribution >= 4 is 5.96 Å². The van der Waals surface area contributed by atoms with E-state index in [9.17, 15) is 0 Å². The van der Waals surface area contributed by atoms with Crippen molar-refractivity contribution in [1.82, 2.24) is 15.3 Å². The largest absolute Gasteiger partial charge is 0.338 e. The van der Waals surface area contributed by atoms with Gasteiger partial charge in [-0.2, -0.15) is 0 Å². The zero-order chi connectivity index (χ0) is 12.1. The summed E-state index contributed by atoms with van der Waals surface area (Å²) in [7, 11) is 0. The molecule has 1 aliphatic carbocycles. The van der Waals surface area contributed by atoms with Crippen LogP contribution < -0.4 is 11.3 Å². The Morgan fingerprint density at radius 2 is 2.24 bits per heavy atom. The van der Waals surface area contributed by atoms with E-state index in [2.05, 4.69) is 27.2 Å². The molecule has 1 aliphatic rings. The molecule has 5 nitrogen and oxygen atoms in total. The highest BCUT2D eigenvalue weighted by Gasteiger charge is 2.22. The fourth-order valence-corrected chi connectivity index (χ4v) is 1.63. The molecule has 1 aromatic rings. The number of pyridine rings is 1. The van der Waals surface area contributed by atoms with Gasteiger partial charge >= 0.3 is 0 Å². The number of hydrogen-bond donors (Lipinski definition) is 2. The summed E-state index contributed by atoms with van der Waals surface area (Å²) in [6.45, 7) is 3.77. The highest BCUT2D eigenvalue weighted by Crippen LogP contribution is 2.23. The molecule has 0 saturated heterocycles. The second-order valence-electron chi connectivity index (χ2n) is 4.20. The minimum Gasteiger partial charge on any atom is -0.338 e. The highest BCUT2D eigenvalue weighted by atomic mass is 15.4. The van der Waals surface area contributed by atoms with Gasteiger partial charge in [0.1, 0.15) is 0 Å². The fourth-order valence-electron chi connectivity index (χ4n) is 1.63. The van der Waals surface area contributed by atoms with E-state index in [4.69, 9.17) is 5.84 Å². The maximum absolute atomic E-state index is 5.54. The molecule has 17 heavy (non-hydrogen) atoms. The average molecular weight is 233 g/mol. The topological polar surface area (TPSA) is 66.5 Å². The minimum absolute atomic E-state index is 0.465. The third kappa shape index (κ3) is 3.42. The van der Waals surface area contributed by atoms with Gasteiger partial charge in [0.2, 0.25) is 5.96 Å². The molecule has 1 fully saturated rings. The van der Waals surface area contributed by atoms with Gasteiger partial charge < -0.3 is 4.90 Å². The molecule has 0 radical (unpaired) electrons. The maximum atomic E-state index is 5.54. The van der Waals surface area contributed by atoms with E-state index in [0.29, 0.717) is 6.04 Å². The Balaban J connectivity index is 2.04. The van der Waals surface area contributed by atoms with Crippen molar-refractivity contribution in [3.63, 3.8) is 0 Å². The van der Waals surface area contributed by atoms with Crippen LogP contribution in [0.5, 0.6) is 0 Å². The van der Waals surface area contributed by atoms with Crippen LogP contribution in [0.3, 0.4) is 0 Å². The highest BCUT2D eigenvalue weighted by molar-refractivity contribution is 5.79. The first kappa shape index (κ1) is 11.9. The lowest BCUT2D eigenvalue weighted by atomic mass is 10.2. The first-order valence-corrected chi connectivity index (χ1v) is 6.01. The molecule has 2 rings (SSSR count). The molecule has 92 valence electrons. The summed E-state index contributed by atoms with van der Waals surface area (Å²) in [4.78, 5) is 10.7. The molecule has 3 N–H and O–H groups in total. The van der Waals surface area contributed by atoms with Gasteiger partial charge in [-0.15, -0.1) is 0 Å². The summed E-state index contributed by atoms with van der Waals surface area (Å²) < 4.78 is 0. The van der Waals surface area contributed by atoms with Crippen molar-refractivity contribution < 1.29 is 0 Å². The van der Waals surface area contributed by atoms with Gasteiger partial charge in [-0.05, 0) is 37.5 Å². The number of hydrazine groups is 1. The molecule has 1 heterocycles. The van der Waals surface area contributed by atoms with Gasteiger partial charge in [0, 0.05) is 25.5 Å². The predicted molar refractivity (Wildman–Crippen MR) is 68.1 cm³/mol. The van der Waals surface area contributed by atoms with Crippen LogP contribution in [0.15, 0.2) is 29.5 Å². The number of nitrogens with zero attached hydrogens (tertiary/aromatic N) is 3. The standard InChI is InChI=1S/C12H19N5/c1-2-17(9-10-5-7-14-8-6-10)12(16-13)15-11-3-4-11/h5-8,11H,2-4,9,13H2,1H3,(H,15,16). The zero-order valence-electron chi connectivity index (χ0n) is 10.1. The summed E-state index contributed by atoms with van der Waals surface area (Å²) in [5.41, 5.74) is 3.91. The Bertz CT molecular complexity index is 372. The van der Waals surface area contributed by atoms with E-state index in [0.717, 1.165) is 19.0 Å². The summed E-state index contributed by atoms with van der Waals surface area (Å²) >= 11 is 0. The van der Waals surface area contributed by atoms with Gasteiger partial charge in [-0.3, -0.25) is 10.4 Å². The third-order valence-corrected chi connectivity index (χ3v) is 2.78. The predicted octanol–water partition coefficient (Wildman–Crippen LogP) is 0.885. The van der Waals surface area contributed by atoms with Gasteiger partial charge in [0.25, 0.3) is 0 Å². The Labute approximate surface area is 102 Å². The molecule has 0 amide bonds. The van der Waals surface area contributed by atoms with Crippen molar-refractivity contribution in [1.29, 1.82) is 0 Å². The quantitative estimate of drug-likeness (QED) is 0.351. The summed E-state index contributed by atoms with van der Waals surface area (Å²) in [5, 5.41) is 0. The second kappa shape index (κ2) is 5.63. The molecule has 0 spiro atoms. The third-order valence-electron chi connectivity index (χ3n) is 2.78. The van der Waals surface area contributed by atoms with E-state index in [1.165, 1.54) is 18.4 Å². The molecular formula is C12H19N5. The van der Waals surface area contributed by atoms with Crippen molar-refractivity contribution in [2.45, 2.75) is 32.4 Å². The van der Waals surface area contributed by atoms with E-state index in [-0.39, 0.29) is 0 Å². The molecule has 1 saturated carbocycles. The van der Waals surface area contributed by atoms with Crippen molar-refractivity contribution in [3.8, 4) is 0 Å². The zero-order valence-corrected chi connectivity index (χ0v) is 10.1. The van der Waals surface area contributed by atoms with Gasteiger partial charge in [-0.1, -0.05) is 0 Å². The number of nitrogens with one attached hydrogen (secondary N) is 1. The van der Waals surface area contributed by atoms with E-state index in [1.807, 2.05) is 12.1 Å². The first-order chi connectivity index (χ1) is 8.33. The Morgan fingerprint density at radius 1 is 1.53 bits per heavy atom. The minimum atomic E-state index is 0.465. The van der Waals surface area contributed by atoms with Crippen LogP contribution in [-0.2, 0) is 6.54 Å². The SMILES string of the molecule is CCN(Cc1ccncc1)C(=NC1CC1)NN. The summed E-state index contributed by atoms with van der Waals surface area (Å²) in [6, 6.07) is 4.48. The monoisotopic (exact) mass is 233 g/mol. The van der Waals surface area contributed by atoms with Crippen molar-refractivity contribution in [3.05, 3.63) is 30.1 Å². The average Bonchev–Trinajstić information content (AvgIpc) is 3.18. The van der Waals surface area contributed by atoms with Crippen molar-refractivity contribution in [2.24, 2.45) is 10.8 Å². The number of aliphatic imine (C=N–C) groups is 1. The fraction of sp³-hybridized carbons (Fsp3) is 0.500. The maximum Gasteiger partial charge on any atom is 0.208 e. The number of aromatic nitrogens is 1. The van der Waals surface area contributed by atoms with Crippen LogP contribution in [0.1, 0.15) is 25.3 Å². The smallest absolute Gasteiger partial charge is 0.208 e. The molecular weight excluding hydrogens is 214 g/mol. The first-order valence-electron chi connectivity index (χ1n) is 6.01. The van der Waals surface area contributed by atoms with Crippen LogP contribution in [0.25, 0.3) is 0 Å².